The molecule has 0 N–H and O–H groups in total. The highest BCUT2D eigenvalue weighted by atomic mass is 31.1. The molecule has 1 heterocycles. The van der Waals surface area contributed by atoms with Crippen LogP contribution in [0.15, 0.2) is 178 Å². The van der Waals surface area contributed by atoms with Gasteiger partial charge in [-0.05, 0) is 75.5 Å². The molecule has 0 spiro atoms. The van der Waals surface area contributed by atoms with Gasteiger partial charge in [0.2, 0.25) is 0 Å². The summed E-state index contributed by atoms with van der Waals surface area (Å²) in [6.45, 7) is 4.86. The maximum atomic E-state index is 7.36. The molecule has 0 fully saturated rings. The zero-order valence-corrected chi connectivity index (χ0v) is 30.0. The van der Waals surface area contributed by atoms with E-state index >= 15 is 0 Å². The number of hydrogen-bond donors (Lipinski definition) is 0. The fraction of sp³-hybridized carbons (Fsp3) is 0.106. The van der Waals surface area contributed by atoms with Crippen LogP contribution in [0.4, 0.5) is 0 Å². The predicted molar refractivity (Wildman–Crippen MR) is 218 cm³/mol. The number of benzene rings is 8. The normalized spacial score (nSPS) is 12.9. The van der Waals surface area contributed by atoms with Crippen molar-refractivity contribution in [2.75, 3.05) is 11.3 Å². The summed E-state index contributed by atoms with van der Waals surface area (Å²) in [5.41, 5.74) is 4.99. The van der Waals surface area contributed by atoms with Crippen LogP contribution < -0.4 is 9.41 Å². The molecule has 0 aliphatic rings. The van der Waals surface area contributed by atoms with Gasteiger partial charge in [-0.1, -0.05) is 152 Å². The third-order valence-electron chi connectivity index (χ3n) is 10.1. The van der Waals surface area contributed by atoms with Crippen molar-refractivity contribution in [3.8, 4) is 5.75 Å². The Bertz CT molecular complexity index is 2650. The monoisotopic (exact) mass is 695 g/mol. The average molecular weight is 696 g/mol. The molecule has 9 aromatic rings. The first kappa shape index (κ1) is 32.1. The lowest BCUT2D eigenvalue weighted by Crippen LogP contribution is -2.30. The maximum absolute atomic E-state index is 7.36. The fourth-order valence-electron chi connectivity index (χ4n) is 7.72. The smallest absolute Gasteiger partial charge is 0.311 e. The van der Waals surface area contributed by atoms with E-state index in [1.165, 1.54) is 0 Å². The van der Waals surface area contributed by atoms with Crippen molar-refractivity contribution < 1.29 is 13.1 Å². The summed E-state index contributed by atoms with van der Waals surface area (Å²) in [6, 6.07) is 59.5. The molecule has 254 valence electrons. The van der Waals surface area contributed by atoms with Crippen molar-refractivity contribution in [2.45, 2.75) is 25.9 Å². The molecular formula is C47H38NO3P. The summed E-state index contributed by atoms with van der Waals surface area (Å²) in [4.78, 5) is 0. The molecule has 1 aromatic heterocycles. The van der Waals surface area contributed by atoms with Crippen LogP contribution in [-0.4, -0.2) is 6.61 Å². The molecule has 0 saturated heterocycles. The highest BCUT2D eigenvalue weighted by molar-refractivity contribution is 7.39. The summed E-state index contributed by atoms with van der Waals surface area (Å²) in [5.74, 6) is 0.850. The number of fused-ring (bicyclic) bond motifs is 8. The second kappa shape index (κ2) is 13.7. The summed E-state index contributed by atoms with van der Waals surface area (Å²) < 4.78 is 23.7. The van der Waals surface area contributed by atoms with E-state index in [2.05, 4.69) is 181 Å². The first-order valence-electron chi connectivity index (χ1n) is 17.9. The molecule has 9 rings (SSSR count). The van der Waals surface area contributed by atoms with Gasteiger partial charge in [-0.2, -0.15) is 4.67 Å². The Hall–Kier alpha value is -5.80. The van der Waals surface area contributed by atoms with Crippen LogP contribution in [0.1, 0.15) is 42.6 Å². The van der Waals surface area contributed by atoms with Crippen molar-refractivity contribution in [2.24, 2.45) is 0 Å². The van der Waals surface area contributed by atoms with Gasteiger partial charge < -0.3 is 13.1 Å². The first-order valence-corrected chi connectivity index (χ1v) is 19.0. The van der Waals surface area contributed by atoms with E-state index in [9.17, 15) is 0 Å². The van der Waals surface area contributed by atoms with E-state index in [-0.39, 0.29) is 12.1 Å². The SMILES string of the molecule is CCOc1ccc2ccccc2c1[C@@H](c1ccccc1)N([C@H](C)c1ccccc1)p1oc2ccc3ccccc3c2c2c(ccc3ccccc32)o1. The fourth-order valence-corrected chi connectivity index (χ4v) is 9.44. The minimum absolute atomic E-state index is 0.128. The van der Waals surface area contributed by atoms with Gasteiger partial charge in [-0.25, -0.2) is 0 Å². The lowest BCUT2D eigenvalue weighted by molar-refractivity contribution is 0.335. The average Bonchev–Trinajstić information content (AvgIpc) is 3.38. The van der Waals surface area contributed by atoms with Crippen LogP contribution in [0.2, 0.25) is 0 Å². The van der Waals surface area contributed by atoms with Crippen LogP contribution in [0, 0.1) is 0 Å². The quantitative estimate of drug-likeness (QED) is 0.159. The van der Waals surface area contributed by atoms with Gasteiger partial charge in [0, 0.05) is 22.4 Å². The van der Waals surface area contributed by atoms with Gasteiger partial charge in [0.1, 0.15) is 16.9 Å². The Morgan fingerprint density at radius 1 is 0.519 bits per heavy atom. The summed E-state index contributed by atoms with van der Waals surface area (Å²) in [7, 11) is -1.79. The molecule has 0 aliphatic heterocycles. The van der Waals surface area contributed by atoms with Gasteiger partial charge in [-0.15, -0.1) is 0 Å². The van der Waals surface area contributed by atoms with Crippen molar-refractivity contribution in [3.05, 3.63) is 187 Å². The van der Waals surface area contributed by atoms with Crippen LogP contribution in [-0.2, 0) is 0 Å². The summed E-state index contributed by atoms with van der Waals surface area (Å²) in [5, 5.41) is 8.97. The highest BCUT2D eigenvalue weighted by Gasteiger charge is 2.36. The molecule has 0 bridgehead atoms. The van der Waals surface area contributed by atoms with Gasteiger partial charge in [0.25, 0.3) is 0 Å². The van der Waals surface area contributed by atoms with E-state index in [0.717, 1.165) is 76.7 Å². The Kier molecular flexibility index (Phi) is 8.48. The largest absolute Gasteiger partial charge is 0.493 e. The van der Waals surface area contributed by atoms with Gasteiger partial charge in [0.15, 0.2) is 0 Å². The molecule has 2 atom stereocenters. The Morgan fingerprint density at radius 3 is 1.54 bits per heavy atom. The second-order valence-electron chi connectivity index (χ2n) is 13.2. The summed E-state index contributed by atoms with van der Waals surface area (Å²) >= 11 is 0. The third kappa shape index (κ3) is 5.62. The number of ether oxygens (including phenoxy) is 1. The lowest BCUT2D eigenvalue weighted by atomic mass is 9.91. The molecule has 52 heavy (non-hydrogen) atoms. The summed E-state index contributed by atoms with van der Waals surface area (Å²) in [6.07, 6.45) is 0. The van der Waals surface area contributed by atoms with Crippen LogP contribution in [0.25, 0.3) is 54.3 Å². The third-order valence-corrected chi connectivity index (χ3v) is 11.8. The van der Waals surface area contributed by atoms with Gasteiger partial charge in [-0.3, -0.25) is 0 Å². The van der Waals surface area contributed by atoms with Crippen LogP contribution in [0.5, 0.6) is 5.75 Å². The standard InChI is InChI=1S/C47H38NO3P/c1-3-49-41-29-26-36-20-12-15-25-40(36)46(41)47(37-21-8-5-9-22-37)48(32(2)33-16-6-4-7-17-33)52-50-42-30-27-34-18-10-13-23-38(34)44(42)45-39-24-14-11-19-35(39)28-31-43(45)51-52/h4-32,47H,3H2,1-2H3/t32-,47-/m1/s1. The minimum Gasteiger partial charge on any atom is -0.493 e. The molecule has 0 amide bonds. The van der Waals surface area contributed by atoms with Gasteiger partial charge >= 0.3 is 8.16 Å². The van der Waals surface area contributed by atoms with Gasteiger partial charge in [0.05, 0.1) is 12.6 Å². The zero-order chi connectivity index (χ0) is 35.0. The van der Waals surface area contributed by atoms with Crippen molar-refractivity contribution >= 4 is 62.4 Å². The highest BCUT2D eigenvalue weighted by Crippen LogP contribution is 2.52. The van der Waals surface area contributed by atoms with Crippen LogP contribution >= 0.6 is 8.16 Å². The maximum Gasteiger partial charge on any atom is 0.311 e. The Labute approximate surface area is 304 Å². The number of hydrogen-bond acceptors (Lipinski definition) is 4. The molecule has 4 nitrogen and oxygen atoms in total. The molecular weight excluding hydrogens is 657 g/mol. The Balaban J connectivity index is 1.45. The molecule has 0 unspecified atom stereocenters. The van der Waals surface area contributed by atoms with E-state index < -0.39 is 8.16 Å². The minimum atomic E-state index is -1.79. The van der Waals surface area contributed by atoms with E-state index in [0.29, 0.717) is 6.61 Å². The number of nitrogens with zero attached hydrogens (tertiary/aromatic N) is 1. The predicted octanol–water partition coefficient (Wildman–Crippen LogP) is 13.6. The van der Waals surface area contributed by atoms with Crippen LogP contribution in [0.3, 0.4) is 0 Å². The zero-order valence-electron chi connectivity index (χ0n) is 29.1. The second-order valence-corrected chi connectivity index (χ2v) is 14.5. The van der Waals surface area contributed by atoms with Crippen molar-refractivity contribution in [3.63, 3.8) is 0 Å². The topological polar surface area (TPSA) is 38.8 Å². The molecule has 0 aliphatic carbocycles. The first-order chi connectivity index (χ1) is 25.7. The number of rotatable bonds is 8. The molecule has 0 saturated carbocycles. The molecule has 0 radical (unpaired) electrons. The van der Waals surface area contributed by atoms with E-state index in [1.54, 1.807) is 0 Å². The lowest BCUT2D eigenvalue weighted by Gasteiger charge is -2.35. The van der Waals surface area contributed by atoms with E-state index in [1.807, 2.05) is 6.92 Å². The van der Waals surface area contributed by atoms with Crippen molar-refractivity contribution in [1.82, 2.24) is 0 Å². The van der Waals surface area contributed by atoms with E-state index in [4.69, 9.17) is 13.1 Å². The van der Waals surface area contributed by atoms with Crippen molar-refractivity contribution in [1.29, 1.82) is 0 Å². The molecule has 8 aromatic carbocycles. The Morgan fingerprint density at radius 2 is 0.981 bits per heavy atom. The molecule has 5 heteroatoms.